The molecule has 1 fully saturated rings. The second kappa shape index (κ2) is 7.47. The Bertz CT molecular complexity index is 666. The van der Waals surface area contributed by atoms with Gasteiger partial charge in [-0.25, -0.2) is 0 Å². The molecule has 1 unspecified atom stereocenters. The van der Waals surface area contributed by atoms with Crippen LogP contribution in [0.1, 0.15) is 19.3 Å². The van der Waals surface area contributed by atoms with Crippen LogP contribution in [0.5, 0.6) is 5.75 Å². The molecule has 1 aliphatic rings. The van der Waals surface area contributed by atoms with Gasteiger partial charge in [-0.05, 0) is 36.8 Å². The monoisotopic (exact) mass is 312 g/mol. The standard InChI is InChI=1S/C19H24N2O2/c20-13-15-10-11-21(14-15)19(22)9-4-12-23-18-8-3-6-16-5-1-2-7-17(16)18/h1-3,5-8,15H,4,9-14,20H2. The first-order valence-electron chi connectivity index (χ1n) is 8.36. The van der Waals surface area contributed by atoms with E-state index in [0.717, 1.165) is 37.1 Å². The van der Waals surface area contributed by atoms with Crippen LogP contribution in [0.3, 0.4) is 0 Å². The summed E-state index contributed by atoms with van der Waals surface area (Å²) in [5, 5.41) is 2.29. The number of carbonyl (C=O) groups is 1. The molecule has 4 nitrogen and oxygen atoms in total. The summed E-state index contributed by atoms with van der Waals surface area (Å²) in [5.74, 6) is 1.59. The second-order valence-corrected chi connectivity index (χ2v) is 6.16. The highest BCUT2D eigenvalue weighted by Gasteiger charge is 2.24. The van der Waals surface area contributed by atoms with Crippen molar-refractivity contribution in [2.75, 3.05) is 26.2 Å². The Labute approximate surface area is 137 Å². The number of amides is 1. The maximum atomic E-state index is 12.2. The largest absolute Gasteiger partial charge is 0.493 e. The number of hydrogen-bond donors (Lipinski definition) is 1. The van der Waals surface area contributed by atoms with Crippen LogP contribution in [0, 0.1) is 5.92 Å². The molecule has 0 saturated carbocycles. The molecule has 2 aromatic carbocycles. The zero-order chi connectivity index (χ0) is 16.1. The molecule has 1 amide bonds. The molecule has 0 radical (unpaired) electrons. The summed E-state index contributed by atoms with van der Waals surface area (Å²) >= 11 is 0. The molecule has 0 aliphatic carbocycles. The molecule has 2 aromatic rings. The molecule has 1 saturated heterocycles. The lowest BCUT2D eigenvalue weighted by Gasteiger charge is -2.16. The minimum Gasteiger partial charge on any atom is -0.493 e. The lowest BCUT2D eigenvalue weighted by molar-refractivity contribution is -0.130. The van der Waals surface area contributed by atoms with Gasteiger partial charge in [0.05, 0.1) is 6.61 Å². The van der Waals surface area contributed by atoms with Gasteiger partial charge in [0.2, 0.25) is 5.91 Å². The first kappa shape index (κ1) is 15.8. The van der Waals surface area contributed by atoms with E-state index >= 15 is 0 Å². The van der Waals surface area contributed by atoms with Crippen molar-refractivity contribution >= 4 is 16.7 Å². The molecule has 4 heteroatoms. The van der Waals surface area contributed by atoms with E-state index in [9.17, 15) is 4.79 Å². The van der Waals surface area contributed by atoms with Gasteiger partial charge in [0, 0.05) is 24.9 Å². The minimum atomic E-state index is 0.225. The maximum Gasteiger partial charge on any atom is 0.222 e. The van der Waals surface area contributed by atoms with Crippen molar-refractivity contribution in [2.24, 2.45) is 11.7 Å². The summed E-state index contributed by atoms with van der Waals surface area (Å²) < 4.78 is 5.88. The third-order valence-corrected chi connectivity index (χ3v) is 4.51. The normalized spacial score (nSPS) is 17.6. The van der Waals surface area contributed by atoms with Gasteiger partial charge in [-0.3, -0.25) is 4.79 Å². The van der Waals surface area contributed by atoms with Gasteiger partial charge >= 0.3 is 0 Å². The van der Waals surface area contributed by atoms with Crippen molar-refractivity contribution < 1.29 is 9.53 Å². The number of likely N-dealkylation sites (tertiary alicyclic amines) is 1. The highest BCUT2D eigenvalue weighted by atomic mass is 16.5. The average Bonchev–Trinajstić information content (AvgIpc) is 3.08. The van der Waals surface area contributed by atoms with Crippen LogP contribution < -0.4 is 10.5 Å². The molecular weight excluding hydrogens is 288 g/mol. The van der Waals surface area contributed by atoms with Crippen LogP contribution >= 0.6 is 0 Å². The zero-order valence-electron chi connectivity index (χ0n) is 13.4. The third-order valence-electron chi connectivity index (χ3n) is 4.51. The molecule has 1 aliphatic heterocycles. The summed E-state index contributed by atoms with van der Waals surface area (Å²) in [6.45, 7) is 2.91. The van der Waals surface area contributed by atoms with Gasteiger partial charge < -0.3 is 15.4 Å². The predicted octanol–water partition coefficient (Wildman–Crippen LogP) is 2.81. The fourth-order valence-electron chi connectivity index (χ4n) is 3.14. The van der Waals surface area contributed by atoms with E-state index in [1.807, 2.05) is 29.2 Å². The number of rotatable bonds is 6. The number of nitrogens with two attached hydrogens (primary N) is 1. The van der Waals surface area contributed by atoms with Crippen LogP contribution in [-0.4, -0.2) is 37.0 Å². The van der Waals surface area contributed by atoms with Crippen molar-refractivity contribution in [3.8, 4) is 5.75 Å². The predicted molar refractivity (Wildman–Crippen MR) is 92.4 cm³/mol. The van der Waals surface area contributed by atoms with Gasteiger partial charge in [-0.1, -0.05) is 36.4 Å². The van der Waals surface area contributed by atoms with E-state index in [0.29, 0.717) is 25.5 Å². The number of fused-ring (bicyclic) bond motifs is 1. The number of carbonyl (C=O) groups excluding carboxylic acids is 1. The molecular formula is C19H24N2O2. The maximum absolute atomic E-state index is 12.2. The fourth-order valence-corrected chi connectivity index (χ4v) is 3.14. The van der Waals surface area contributed by atoms with Crippen molar-refractivity contribution in [3.63, 3.8) is 0 Å². The molecule has 1 heterocycles. The summed E-state index contributed by atoms with van der Waals surface area (Å²) in [6.07, 6.45) is 2.32. The van der Waals surface area contributed by atoms with Gasteiger partial charge in [-0.2, -0.15) is 0 Å². The quantitative estimate of drug-likeness (QED) is 0.835. The van der Waals surface area contributed by atoms with Crippen molar-refractivity contribution in [2.45, 2.75) is 19.3 Å². The number of benzene rings is 2. The Kier molecular flexibility index (Phi) is 5.13. The molecule has 2 N–H and O–H groups in total. The highest BCUT2D eigenvalue weighted by molar-refractivity contribution is 5.88. The summed E-state index contributed by atoms with van der Waals surface area (Å²) in [7, 11) is 0. The fraction of sp³-hybridized carbons (Fsp3) is 0.421. The molecule has 3 rings (SSSR count). The zero-order valence-corrected chi connectivity index (χ0v) is 13.4. The van der Waals surface area contributed by atoms with Crippen molar-refractivity contribution in [3.05, 3.63) is 42.5 Å². The van der Waals surface area contributed by atoms with Gasteiger partial charge in [-0.15, -0.1) is 0 Å². The number of nitrogens with zero attached hydrogens (tertiary/aromatic N) is 1. The molecule has 0 spiro atoms. The second-order valence-electron chi connectivity index (χ2n) is 6.16. The van der Waals surface area contributed by atoms with E-state index in [2.05, 4.69) is 18.2 Å². The number of ether oxygens (including phenoxy) is 1. The topological polar surface area (TPSA) is 55.6 Å². The Hall–Kier alpha value is -2.07. The third kappa shape index (κ3) is 3.82. The van der Waals surface area contributed by atoms with E-state index < -0.39 is 0 Å². The van der Waals surface area contributed by atoms with Crippen molar-refractivity contribution in [1.82, 2.24) is 4.90 Å². The first-order chi connectivity index (χ1) is 11.3. The number of hydrogen-bond acceptors (Lipinski definition) is 3. The van der Waals surface area contributed by atoms with Crippen LogP contribution in [0.25, 0.3) is 10.8 Å². The molecule has 122 valence electrons. The van der Waals surface area contributed by atoms with E-state index in [1.54, 1.807) is 0 Å². The van der Waals surface area contributed by atoms with Gasteiger partial charge in [0.15, 0.2) is 0 Å². The van der Waals surface area contributed by atoms with Crippen LogP contribution in [0.2, 0.25) is 0 Å². The van der Waals surface area contributed by atoms with Crippen LogP contribution in [0.15, 0.2) is 42.5 Å². The van der Waals surface area contributed by atoms with Gasteiger partial charge in [0.1, 0.15) is 5.75 Å². The SMILES string of the molecule is NCC1CCN(C(=O)CCCOc2cccc3ccccc23)C1. The summed E-state index contributed by atoms with van der Waals surface area (Å²) in [4.78, 5) is 14.1. The Balaban J connectivity index is 1.47. The van der Waals surface area contributed by atoms with Gasteiger partial charge in [0.25, 0.3) is 0 Å². The Morgan fingerprint density at radius 3 is 2.87 bits per heavy atom. The van der Waals surface area contributed by atoms with E-state index in [-0.39, 0.29) is 5.91 Å². The van der Waals surface area contributed by atoms with Crippen LogP contribution in [-0.2, 0) is 4.79 Å². The smallest absolute Gasteiger partial charge is 0.222 e. The first-order valence-corrected chi connectivity index (χ1v) is 8.36. The van der Waals surface area contributed by atoms with Crippen molar-refractivity contribution in [1.29, 1.82) is 0 Å². The average molecular weight is 312 g/mol. The molecule has 23 heavy (non-hydrogen) atoms. The van der Waals surface area contributed by atoms with Crippen LogP contribution in [0.4, 0.5) is 0 Å². The minimum absolute atomic E-state index is 0.225. The van der Waals surface area contributed by atoms with E-state index in [4.69, 9.17) is 10.5 Å². The molecule has 0 aromatic heterocycles. The molecule has 0 bridgehead atoms. The Morgan fingerprint density at radius 1 is 1.22 bits per heavy atom. The highest BCUT2D eigenvalue weighted by Crippen LogP contribution is 2.25. The summed E-state index contributed by atoms with van der Waals surface area (Å²) in [6, 6.07) is 14.2. The lowest BCUT2D eigenvalue weighted by atomic mass is 10.1. The molecule has 1 atom stereocenters. The van der Waals surface area contributed by atoms with E-state index in [1.165, 1.54) is 5.39 Å². The summed E-state index contributed by atoms with van der Waals surface area (Å²) in [5.41, 5.74) is 5.67. The Morgan fingerprint density at radius 2 is 2.04 bits per heavy atom. The lowest BCUT2D eigenvalue weighted by Crippen LogP contribution is -2.29.